The summed E-state index contributed by atoms with van der Waals surface area (Å²) >= 11 is 6.00. The molecule has 30 heavy (non-hydrogen) atoms. The van der Waals surface area contributed by atoms with E-state index in [2.05, 4.69) is 5.32 Å². The summed E-state index contributed by atoms with van der Waals surface area (Å²) in [6, 6.07) is 9.39. The third-order valence-electron chi connectivity index (χ3n) is 5.42. The van der Waals surface area contributed by atoms with Crippen molar-refractivity contribution in [2.75, 3.05) is 26.2 Å². The van der Waals surface area contributed by atoms with Crippen LogP contribution in [0.3, 0.4) is 0 Å². The molecule has 1 N–H and O–H groups in total. The largest absolute Gasteiger partial charge is 0.445 e. The summed E-state index contributed by atoms with van der Waals surface area (Å²) in [4.78, 5) is 27.3. The summed E-state index contributed by atoms with van der Waals surface area (Å²) in [5.41, 5.74) is 3.37. The number of hydrogen-bond acceptors (Lipinski definition) is 4. The molecule has 6 nitrogen and oxygen atoms in total. The molecule has 1 aliphatic rings. The Bertz CT molecular complexity index is 886. The average Bonchev–Trinajstić information content (AvgIpc) is 3.03. The molecule has 1 fully saturated rings. The normalized spacial score (nSPS) is 16.3. The summed E-state index contributed by atoms with van der Waals surface area (Å²) in [7, 11) is 0. The Morgan fingerprint density at radius 1 is 1.27 bits per heavy atom. The fraction of sp³-hybridized carbons (Fsp3) is 0.478. The van der Waals surface area contributed by atoms with Crippen LogP contribution in [0.2, 0.25) is 5.02 Å². The minimum Gasteiger partial charge on any atom is -0.445 e. The number of ether oxygens (including phenoxy) is 1. The first kappa shape index (κ1) is 22.4. The molecule has 0 radical (unpaired) electrons. The van der Waals surface area contributed by atoms with Gasteiger partial charge in [0.15, 0.2) is 5.78 Å². The topological polar surface area (TPSA) is 63.6 Å². The molecular weight excluding hydrogens is 402 g/mol. The van der Waals surface area contributed by atoms with E-state index in [1.165, 1.54) is 4.90 Å². The van der Waals surface area contributed by atoms with Gasteiger partial charge in [0.25, 0.3) is 0 Å². The van der Waals surface area contributed by atoms with E-state index in [1.807, 2.05) is 55.7 Å². The SMILES string of the molecule is CCCN(CC(=O)c1cc(C)n(-c2ccc(Cl)cc2)c1C)C(=O)OC1CCCNC1. The third kappa shape index (κ3) is 5.24. The van der Waals surface area contributed by atoms with Crippen molar-refractivity contribution in [3.05, 3.63) is 52.3 Å². The third-order valence-corrected chi connectivity index (χ3v) is 5.67. The molecule has 2 heterocycles. The Morgan fingerprint density at radius 3 is 2.63 bits per heavy atom. The van der Waals surface area contributed by atoms with Crippen LogP contribution in [0.4, 0.5) is 4.79 Å². The molecule has 1 unspecified atom stereocenters. The Hall–Kier alpha value is -2.31. The number of carbonyl (C=O) groups excluding carboxylic acids is 2. The van der Waals surface area contributed by atoms with Gasteiger partial charge in [-0.2, -0.15) is 0 Å². The lowest BCUT2D eigenvalue weighted by molar-refractivity contribution is 0.0496. The summed E-state index contributed by atoms with van der Waals surface area (Å²) in [6.45, 7) is 7.99. The molecule has 1 aromatic carbocycles. The van der Waals surface area contributed by atoms with Crippen molar-refractivity contribution in [1.82, 2.24) is 14.8 Å². The molecular formula is C23H30ClN3O3. The van der Waals surface area contributed by atoms with Crippen molar-refractivity contribution in [2.45, 2.75) is 46.1 Å². The molecule has 0 saturated carbocycles. The minimum atomic E-state index is -0.412. The fourth-order valence-electron chi connectivity index (χ4n) is 3.93. The summed E-state index contributed by atoms with van der Waals surface area (Å²) in [5.74, 6) is -0.0875. The number of aryl methyl sites for hydroxylation is 1. The van der Waals surface area contributed by atoms with Crippen molar-refractivity contribution in [2.24, 2.45) is 0 Å². The van der Waals surface area contributed by atoms with Crippen molar-refractivity contribution >= 4 is 23.5 Å². The number of amides is 1. The summed E-state index contributed by atoms with van der Waals surface area (Å²) in [5, 5.41) is 3.91. The maximum absolute atomic E-state index is 13.1. The van der Waals surface area contributed by atoms with Crippen molar-refractivity contribution in [1.29, 1.82) is 0 Å². The zero-order valence-electron chi connectivity index (χ0n) is 17.9. The highest BCUT2D eigenvalue weighted by Crippen LogP contribution is 2.23. The van der Waals surface area contributed by atoms with E-state index >= 15 is 0 Å². The summed E-state index contributed by atoms with van der Waals surface area (Å²) in [6.07, 6.45) is 2.06. The Kier molecular flexibility index (Phi) is 7.56. The number of benzene rings is 1. The van der Waals surface area contributed by atoms with Gasteiger partial charge in [-0.1, -0.05) is 18.5 Å². The maximum Gasteiger partial charge on any atom is 0.410 e. The van der Waals surface area contributed by atoms with Gasteiger partial charge in [-0.3, -0.25) is 4.79 Å². The van der Waals surface area contributed by atoms with E-state index in [-0.39, 0.29) is 18.4 Å². The van der Waals surface area contributed by atoms with Gasteiger partial charge < -0.3 is 19.5 Å². The molecule has 7 heteroatoms. The van der Waals surface area contributed by atoms with Crippen LogP contribution in [0.5, 0.6) is 0 Å². The van der Waals surface area contributed by atoms with Crippen LogP contribution in [-0.2, 0) is 4.74 Å². The molecule has 1 amide bonds. The number of halogens is 1. The fourth-order valence-corrected chi connectivity index (χ4v) is 4.06. The standard InChI is InChI=1S/C23H30ClN3O3/c1-4-12-26(23(29)30-20-6-5-11-25-14-20)15-22(28)21-13-16(2)27(17(21)3)19-9-7-18(24)8-10-19/h7-10,13,20,25H,4-6,11-12,14-15H2,1-3H3. The lowest BCUT2D eigenvalue weighted by Crippen LogP contribution is -2.42. The number of carbonyl (C=O) groups is 2. The van der Waals surface area contributed by atoms with Crippen LogP contribution in [0.1, 0.15) is 47.9 Å². The smallest absolute Gasteiger partial charge is 0.410 e. The minimum absolute atomic E-state index is 0.0116. The van der Waals surface area contributed by atoms with Gasteiger partial charge in [-0.05, 0) is 70.0 Å². The zero-order chi connectivity index (χ0) is 21.7. The van der Waals surface area contributed by atoms with Gasteiger partial charge in [0.05, 0.1) is 6.54 Å². The van der Waals surface area contributed by atoms with Crippen molar-refractivity contribution in [3.8, 4) is 5.69 Å². The highest BCUT2D eigenvalue weighted by molar-refractivity contribution is 6.30. The number of nitrogens with one attached hydrogen (secondary N) is 1. The van der Waals surface area contributed by atoms with E-state index in [0.717, 1.165) is 42.9 Å². The second kappa shape index (κ2) is 10.1. The Labute approximate surface area is 183 Å². The zero-order valence-corrected chi connectivity index (χ0v) is 18.7. The van der Waals surface area contributed by atoms with Gasteiger partial charge in [0.2, 0.25) is 0 Å². The maximum atomic E-state index is 13.1. The predicted molar refractivity (Wildman–Crippen MR) is 119 cm³/mol. The summed E-state index contributed by atoms with van der Waals surface area (Å²) < 4.78 is 7.66. The number of hydrogen-bond donors (Lipinski definition) is 1. The van der Waals surface area contributed by atoms with Crippen LogP contribution in [0, 0.1) is 13.8 Å². The van der Waals surface area contributed by atoms with E-state index in [9.17, 15) is 9.59 Å². The lowest BCUT2D eigenvalue weighted by atomic mass is 10.1. The molecule has 1 saturated heterocycles. The molecule has 2 aromatic rings. The van der Waals surface area contributed by atoms with Gasteiger partial charge in [-0.15, -0.1) is 0 Å². The molecule has 0 aliphatic carbocycles. The number of ketones is 1. The van der Waals surface area contributed by atoms with Crippen LogP contribution < -0.4 is 5.32 Å². The van der Waals surface area contributed by atoms with Crippen LogP contribution in [-0.4, -0.2) is 53.6 Å². The van der Waals surface area contributed by atoms with Gasteiger partial charge in [-0.25, -0.2) is 4.79 Å². The number of nitrogens with zero attached hydrogens (tertiary/aromatic N) is 2. The molecule has 162 valence electrons. The number of Topliss-reactive ketones (excluding diaryl/α,β-unsaturated/α-hetero) is 1. The van der Waals surface area contributed by atoms with Crippen molar-refractivity contribution < 1.29 is 14.3 Å². The second-order valence-corrected chi connectivity index (χ2v) is 8.23. The quantitative estimate of drug-likeness (QED) is 0.654. The molecule has 1 aliphatic heterocycles. The van der Waals surface area contributed by atoms with Gasteiger partial charge >= 0.3 is 6.09 Å². The van der Waals surface area contributed by atoms with Crippen LogP contribution in [0.15, 0.2) is 30.3 Å². The monoisotopic (exact) mass is 431 g/mol. The molecule has 3 rings (SSSR count). The van der Waals surface area contributed by atoms with E-state index < -0.39 is 6.09 Å². The number of piperidine rings is 1. The number of aromatic nitrogens is 1. The van der Waals surface area contributed by atoms with Gasteiger partial charge in [0.1, 0.15) is 6.10 Å². The first-order chi connectivity index (χ1) is 14.4. The Morgan fingerprint density at radius 2 is 2.00 bits per heavy atom. The molecule has 0 bridgehead atoms. The van der Waals surface area contributed by atoms with E-state index in [1.54, 1.807) is 0 Å². The van der Waals surface area contributed by atoms with Crippen molar-refractivity contribution in [3.63, 3.8) is 0 Å². The second-order valence-electron chi connectivity index (χ2n) is 7.79. The van der Waals surface area contributed by atoms with E-state index in [0.29, 0.717) is 23.7 Å². The highest BCUT2D eigenvalue weighted by atomic mass is 35.5. The highest BCUT2D eigenvalue weighted by Gasteiger charge is 2.25. The molecule has 1 aromatic heterocycles. The molecule has 1 atom stereocenters. The first-order valence-corrected chi connectivity index (χ1v) is 10.9. The van der Waals surface area contributed by atoms with Crippen LogP contribution >= 0.6 is 11.6 Å². The van der Waals surface area contributed by atoms with Crippen LogP contribution in [0.25, 0.3) is 5.69 Å². The predicted octanol–water partition coefficient (Wildman–Crippen LogP) is 4.53. The van der Waals surface area contributed by atoms with Gasteiger partial charge in [0, 0.05) is 40.8 Å². The average molecular weight is 432 g/mol. The van der Waals surface area contributed by atoms with E-state index in [4.69, 9.17) is 16.3 Å². The Balaban J connectivity index is 1.75. The number of rotatable bonds is 7. The first-order valence-electron chi connectivity index (χ1n) is 10.5. The molecule has 0 spiro atoms. The lowest BCUT2D eigenvalue weighted by Gasteiger charge is -2.27.